The van der Waals surface area contributed by atoms with Crippen LogP contribution in [0.5, 0.6) is 5.75 Å². The van der Waals surface area contributed by atoms with Crippen molar-refractivity contribution >= 4 is 5.97 Å². The van der Waals surface area contributed by atoms with E-state index >= 15 is 0 Å². The van der Waals surface area contributed by atoms with Crippen molar-refractivity contribution in [3.8, 4) is 17.1 Å². The number of esters is 1. The first-order valence-corrected chi connectivity index (χ1v) is 7.11. The second-order valence-corrected chi connectivity index (χ2v) is 5.03. The zero-order valence-electron chi connectivity index (χ0n) is 12.5. The molecule has 23 heavy (non-hydrogen) atoms. The van der Waals surface area contributed by atoms with Crippen molar-refractivity contribution in [2.75, 3.05) is 0 Å². The van der Waals surface area contributed by atoms with Crippen LogP contribution in [0, 0.1) is 6.92 Å². The van der Waals surface area contributed by atoms with Crippen LogP contribution in [-0.4, -0.2) is 16.1 Å². The summed E-state index contributed by atoms with van der Waals surface area (Å²) in [7, 11) is 0. The molecule has 0 amide bonds. The zero-order valence-corrected chi connectivity index (χ0v) is 12.5. The van der Waals surface area contributed by atoms with Gasteiger partial charge in [0.05, 0.1) is 6.20 Å². The highest BCUT2D eigenvalue weighted by molar-refractivity contribution is 5.92. The fourth-order valence-corrected chi connectivity index (χ4v) is 2.14. The number of carbonyl (C=O) groups is 1. The first-order valence-electron chi connectivity index (χ1n) is 7.11. The van der Waals surface area contributed by atoms with Gasteiger partial charge in [0.15, 0.2) is 12.4 Å². The molecule has 0 spiro atoms. The number of hydrogen-bond acceptors (Lipinski definition) is 5. The minimum Gasteiger partial charge on any atom is -0.507 e. The number of phenols is 1. The molecule has 0 atom stereocenters. The summed E-state index contributed by atoms with van der Waals surface area (Å²) in [4.78, 5) is 16.1. The molecule has 0 fully saturated rings. The molecule has 0 aliphatic rings. The van der Waals surface area contributed by atoms with Crippen LogP contribution >= 0.6 is 0 Å². The van der Waals surface area contributed by atoms with Gasteiger partial charge < -0.3 is 14.3 Å². The van der Waals surface area contributed by atoms with Gasteiger partial charge in [-0.15, -0.1) is 0 Å². The number of benzene rings is 2. The molecule has 1 aromatic heterocycles. The summed E-state index contributed by atoms with van der Waals surface area (Å²) in [6, 6.07) is 14.4. The highest BCUT2D eigenvalue weighted by Crippen LogP contribution is 2.23. The van der Waals surface area contributed by atoms with E-state index in [-0.39, 0.29) is 17.9 Å². The van der Waals surface area contributed by atoms with Crippen LogP contribution in [0.25, 0.3) is 11.3 Å². The van der Waals surface area contributed by atoms with Gasteiger partial charge in [0, 0.05) is 5.56 Å². The summed E-state index contributed by atoms with van der Waals surface area (Å²) in [5, 5.41) is 9.88. The second kappa shape index (κ2) is 6.36. The van der Waals surface area contributed by atoms with Crippen molar-refractivity contribution < 1.29 is 19.1 Å². The van der Waals surface area contributed by atoms with Gasteiger partial charge >= 0.3 is 5.97 Å². The Balaban J connectivity index is 1.68. The number of oxazole rings is 1. The molecule has 5 nitrogen and oxygen atoms in total. The second-order valence-electron chi connectivity index (χ2n) is 5.03. The predicted octanol–water partition coefficient (Wildman–Crippen LogP) is 3.71. The van der Waals surface area contributed by atoms with Crippen LogP contribution in [0.1, 0.15) is 21.8 Å². The van der Waals surface area contributed by atoms with Gasteiger partial charge in [-0.05, 0) is 18.6 Å². The Morgan fingerprint density at radius 3 is 2.74 bits per heavy atom. The average Bonchev–Trinajstić information content (AvgIpc) is 3.05. The summed E-state index contributed by atoms with van der Waals surface area (Å²) in [5.41, 5.74) is 1.63. The Labute approximate surface area is 133 Å². The smallest absolute Gasteiger partial charge is 0.342 e. The Bertz CT molecular complexity index is 824. The van der Waals surface area contributed by atoms with Crippen LogP contribution in [0.4, 0.5) is 0 Å². The fraction of sp³-hybridized carbons (Fsp3) is 0.111. The molecule has 3 rings (SSSR count). The average molecular weight is 309 g/mol. The van der Waals surface area contributed by atoms with Crippen molar-refractivity contribution in [3.63, 3.8) is 0 Å². The summed E-state index contributed by atoms with van der Waals surface area (Å²) >= 11 is 0. The third kappa shape index (κ3) is 3.23. The number of para-hydroxylation sites is 1. The number of ether oxygens (including phenoxy) is 1. The number of aromatic nitrogens is 1. The first-order chi connectivity index (χ1) is 11.1. The zero-order chi connectivity index (χ0) is 16.2. The molecule has 0 unspecified atom stereocenters. The van der Waals surface area contributed by atoms with E-state index in [4.69, 9.17) is 9.15 Å². The number of aryl methyl sites for hydroxylation is 1. The van der Waals surface area contributed by atoms with Gasteiger partial charge in [0.1, 0.15) is 11.3 Å². The van der Waals surface area contributed by atoms with Gasteiger partial charge in [0.2, 0.25) is 5.89 Å². The molecule has 0 radical (unpaired) electrons. The van der Waals surface area contributed by atoms with E-state index in [2.05, 4.69) is 4.98 Å². The van der Waals surface area contributed by atoms with Crippen molar-refractivity contribution in [1.29, 1.82) is 0 Å². The molecular formula is C18H15NO4. The van der Waals surface area contributed by atoms with E-state index in [1.807, 2.05) is 30.3 Å². The minimum absolute atomic E-state index is 0.0742. The SMILES string of the molecule is Cc1cccc(C(=O)OCc2ncc(-c3ccccc3)o2)c1O. The van der Waals surface area contributed by atoms with Crippen molar-refractivity contribution in [2.45, 2.75) is 13.5 Å². The van der Waals surface area contributed by atoms with Gasteiger partial charge in [-0.3, -0.25) is 0 Å². The van der Waals surface area contributed by atoms with Crippen molar-refractivity contribution in [2.24, 2.45) is 0 Å². The maximum Gasteiger partial charge on any atom is 0.342 e. The lowest BCUT2D eigenvalue weighted by Crippen LogP contribution is -2.06. The van der Waals surface area contributed by atoms with E-state index in [1.54, 1.807) is 25.3 Å². The van der Waals surface area contributed by atoms with E-state index in [9.17, 15) is 9.90 Å². The first kappa shape index (κ1) is 14.8. The highest BCUT2D eigenvalue weighted by atomic mass is 16.5. The van der Waals surface area contributed by atoms with Crippen molar-refractivity contribution in [3.05, 3.63) is 71.7 Å². The molecule has 5 heteroatoms. The Morgan fingerprint density at radius 1 is 1.17 bits per heavy atom. The Morgan fingerprint density at radius 2 is 1.96 bits per heavy atom. The largest absolute Gasteiger partial charge is 0.507 e. The van der Waals surface area contributed by atoms with E-state index in [1.165, 1.54) is 6.07 Å². The summed E-state index contributed by atoms with van der Waals surface area (Å²) < 4.78 is 10.7. The third-order valence-electron chi connectivity index (χ3n) is 3.40. The lowest BCUT2D eigenvalue weighted by atomic mass is 10.1. The van der Waals surface area contributed by atoms with Gasteiger partial charge in [0.25, 0.3) is 0 Å². The van der Waals surface area contributed by atoms with Crippen molar-refractivity contribution in [1.82, 2.24) is 4.98 Å². The molecule has 0 bridgehead atoms. The number of rotatable bonds is 4. The van der Waals surface area contributed by atoms with Crippen LogP contribution < -0.4 is 0 Å². The maximum absolute atomic E-state index is 12.0. The predicted molar refractivity (Wildman–Crippen MR) is 83.9 cm³/mol. The van der Waals surface area contributed by atoms with Crippen LogP contribution in [0.15, 0.2) is 59.1 Å². The van der Waals surface area contributed by atoms with Gasteiger partial charge in [-0.25, -0.2) is 9.78 Å². The summed E-state index contributed by atoms with van der Waals surface area (Å²) in [6.45, 7) is 1.62. The number of nitrogens with zero attached hydrogens (tertiary/aromatic N) is 1. The minimum atomic E-state index is -0.620. The summed E-state index contributed by atoms with van der Waals surface area (Å²) in [6.07, 6.45) is 1.59. The molecule has 0 aliphatic carbocycles. The van der Waals surface area contributed by atoms with Gasteiger partial charge in [-0.1, -0.05) is 42.5 Å². The molecule has 0 aliphatic heterocycles. The molecule has 2 aromatic carbocycles. The number of aromatic hydroxyl groups is 1. The molecule has 116 valence electrons. The lowest BCUT2D eigenvalue weighted by molar-refractivity contribution is 0.0435. The lowest BCUT2D eigenvalue weighted by Gasteiger charge is -2.06. The number of hydrogen-bond donors (Lipinski definition) is 1. The fourth-order valence-electron chi connectivity index (χ4n) is 2.14. The Hall–Kier alpha value is -3.08. The molecule has 1 heterocycles. The van der Waals surface area contributed by atoms with Crippen LogP contribution in [0.3, 0.4) is 0 Å². The summed E-state index contributed by atoms with van der Waals surface area (Å²) in [5.74, 6) is 0.208. The molecular weight excluding hydrogens is 294 g/mol. The normalized spacial score (nSPS) is 10.5. The molecule has 3 aromatic rings. The standard InChI is InChI=1S/C18H15NO4/c1-12-6-5-9-14(17(12)20)18(21)22-11-16-19-10-15(23-16)13-7-3-2-4-8-13/h2-10,20H,11H2,1H3. The van der Waals surface area contributed by atoms with E-state index < -0.39 is 5.97 Å². The van der Waals surface area contributed by atoms with Crippen LogP contribution in [-0.2, 0) is 11.3 Å². The number of carbonyl (C=O) groups excluding carboxylic acids is 1. The van der Waals surface area contributed by atoms with E-state index in [0.717, 1.165) is 5.56 Å². The van der Waals surface area contributed by atoms with Gasteiger partial charge in [-0.2, -0.15) is 0 Å². The maximum atomic E-state index is 12.0. The highest BCUT2D eigenvalue weighted by Gasteiger charge is 2.15. The topological polar surface area (TPSA) is 72.6 Å². The quantitative estimate of drug-likeness (QED) is 0.744. The Kier molecular flexibility index (Phi) is 4.10. The monoisotopic (exact) mass is 309 g/mol. The molecule has 0 saturated carbocycles. The van der Waals surface area contributed by atoms with E-state index in [0.29, 0.717) is 17.2 Å². The molecule has 0 saturated heterocycles. The van der Waals surface area contributed by atoms with Crippen LogP contribution in [0.2, 0.25) is 0 Å². The molecule has 1 N–H and O–H groups in total. The number of phenolic OH excluding ortho intramolecular Hbond substituents is 1. The third-order valence-corrected chi connectivity index (χ3v) is 3.40.